The van der Waals surface area contributed by atoms with Crippen molar-refractivity contribution in [2.45, 2.75) is 18.8 Å². The Morgan fingerprint density at radius 2 is 0.500 bits per heavy atom. The molecule has 1 unspecified atom stereocenters. The van der Waals surface area contributed by atoms with Gasteiger partial charge in [0.25, 0.3) is 0 Å². The molecule has 0 amide bonds. The van der Waals surface area contributed by atoms with E-state index < -0.39 is 0 Å². The van der Waals surface area contributed by atoms with Crippen molar-refractivity contribution in [2.24, 2.45) is 0 Å². The molecule has 0 N–H and O–H groups in total. The fourth-order valence-corrected chi connectivity index (χ4v) is 16.7. The minimum atomic E-state index is 0.292. The smallest absolute Gasteiger partial charge is 0.0541 e. The van der Waals surface area contributed by atoms with Gasteiger partial charge in [0.1, 0.15) is 0 Å². The molecule has 102 heavy (non-hydrogen) atoms. The molecule has 3 nitrogen and oxygen atoms in total. The van der Waals surface area contributed by atoms with Crippen LogP contribution in [0.15, 0.2) is 376 Å². The van der Waals surface area contributed by atoms with Gasteiger partial charge in [-0.1, -0.05) is 261 Å². The van der Waals surface area contributed by atoms with Crippen LogP contribution in [0.1, 0.15) is 29.0 Å². The summed E-state index contributed by atoms with van der Waals surface area (Å²) >= 11 is 0. The Kier molecular flexibility index (Phi) is 14.1. The third kappa shape index (κ3) is 10.1. The average Bonchev–Trinajstić information content (AvgIpc) is 1.59. The van der Waals surface area contributed by atoms with Crippen LogP contribution >= 0.6 is 0 Å². The van der Waals surface area contributed by atoms with Gasteiger partial charge < -0.3 is 13.7 Å². The molecular weight excluding hydrogens is 1230 g/mol. The minimum Gasteiger partial charge on any atom is -0.309 e. The summed E-state index contributed by atoms with van der Waals surface area (Å²) in [6.07, 6.45) is 2.08. The van der Waals surface area contributed by atoms with Gasteiger partial charge in [0.05, 0.1) is 33.1 Å². The molecule has 16 aromatic carbocycles. The Labute approximate surface area is 593 Å². The molecule has 0 radical (unpaired) electrons. The number of para-hydroxylation sites is 3. The largest absolute Gasteiger partial charge is 0.309 e. The Hall–Kier alpha value is -13.1. The third-order valence-corrected chi connectivity index (χ3v) is 21.7. The maximum Gasteiger partial charge on any atom is 0.0541 e. The summed E-state index contributed by atoms with van der Waals surface area (Å²) in [4.78, 5) is 0. The molecule has 0 aliphatic heterocycles. The lowest BCUT2D eigenvalue weighted by molar-refractivity contribution is 0.726. The molecule has 0 bridgehead atoms. The number of aryl methyl sites for hydroxylation is 1. The van der Waals surface area contributed by atoms with Crippen molar-refractivity contribution in [1.29, 1.82) is 0 Å². The van der Waals surface area contributed by atoms with Gasteiger partial charge in [-0.15, -0.1) is 0 Å². The lowest BCUT2D eigenvalue weighted by atomic mass is 9.84. The minimum absolute atomic E-state index is 0.292. The second-order valence-corrected chi connectivity index (χ2v) is 27.5. The van der Waals surface area contributed by atoms with Crippen molar-refractivity contribution in [2.75, 3.05) is 0 Å². The van der Waals surface area contributed by atoms with E-state index in [2.05, 4.69) is 390 Å². The number of nitrogens with zero attached hydrogens (tertiary/aromatic N) is 3. The molecule has 0 spiro atoms. The van der Waals surface area contributed by atoms with Gasteiger partial charge in [-0.25, -0.2) is 0 Å². The van der Waals surface area contributed by atoms with E-state index in [9.17, 15) is 0 Å². The number of fused-ring (bicyclic) bond motifs is 12. The van der Waals surface area contributed by atoms with Gasteiger partial charge in [0.15, 0.2) is 0 Å². The first kappa shape index (κ1) is 59.0. The van der Waals surface area contributed by atoms with Crippen LogP contribution in [0.2, 0.25) is 0 Å². The molecule has 0 saturated carbocycles. The van der Waals surface area contributed by atoms with E-state index in [4.69, 9.17) is 0 Å². The maximum absolute atomic E-state index is 2.48. The zero-order chi connectivity index (χ0) is 67.2. The monoisotopic (exact) mass is 1300 g/mol. The Bertz CT molecular complexity index is 6440. The highest BCUT2D eigenvalue weighted by Crippen LogP contribution is 2.47. The fraction of sp³-hybridized carbons (Fsp3) is 0.0303. The maximum atomic E-state index is 2.48. The van der Waals surface area contributed by atoms with Gasteiger partial charge in [-0.2, -0.15) is 0 Å². The van der Waals surface area contributed by atoms with Crippen LogP contribution in [0.4, 0.5) is 0 Å². The van der Waals surface area contributed by atoms with Crippen LogP contribution in [-0.2, 0) is 6.42 Å². The molecule has 0 saturated heterocycles. The number of rotatable bonds is 11. The van der Waals surface area contributed by atoms with Gasteiger partial charge >= 0.3 is 0 Å². The highest BCUT2D eigenvalue weighted by atomic mass is 15.0. The molecule has 1 atom stereocenters. The van der Waals surface area contributed by atoms with E-state index in [0.29, 0.717) is 5.92 Å². The predicted octanol–water partition coefficient (Wildman–Crippen LogP) is 26.4. The second-order valence-electron chi connectivity index (χ2n) is 27.5. The molecule has 1 aliphatic rings. The van der Waals surface area contributed by atoms with Crippen LogP contribution in [0.3, 0.4) is 0 Å². The molecule has 1 aliphatic carbocycles. The summed E-state index contributed by atoms with van der Waals surface area (Å²) in [5.74, 6) is 0.292. The Morgan fingerprint density at radius 3 is 0.990 bits per heavy atom. The van der Waals surface area contributed by atoms with Crippen molar-refractivity contribution in [3.05, 3.63) is 393 Å². The normalized spacial score (nSPS) is 12.9. The van der Waals surface area contributed by atoms with Crippen LogP contribution in [-0.4, -0.2) is 13.7 Å². The molecular formula is C99H67N3. The average molecular weight is 1300 g/mol. The molecule has 3 heterocycles. The first-order valence-corrected chi connectivity index (χ1v) is 35.6. The number of aromatic nitrogens is 3. The SMILES string of the molecule is c1ccc(-c2cccc(-n3c4ccccc4c4cc(-c5ccc6c(c5)c5cc(-c7ccc(-c8ccc(-c9ccc%10c(c9)c9cc(-c%11ccc%12c(c%11)-c%11cc(-c%13ccccc%13)ccc%11CCC%12c%11ccccc%11)ccc9n%10-c9ccccc9)cc8)cc7)ccc5n6-c5ccccc5)ccc43)c2)cc1. The first-order valence-electron chi connectivity index (χ1n) is 35.6. The van der Waals surface area contributed by atoms with Crippen LogP contribution < -0.4 is 0 Å². The molecule has 20 rings (SSSR count). The summed E-state index contributed by atoms with van der Waals surface area (Å²) in [6, 6.07) is 140. The van der Waals surface area contributed by atoms with Crippen molar-refractivity contribution < 1.29 is 0 Å². The summed E-state index contributed by atoms with van der Waals surface area (Å²) in [5.41, 5.74) is 34.2. The number of hydrogen-bond donors (Lipinski definition) is 0. The lowest BCUT2D eigenvalue weighted by Gasteiger charge is -2.20. The van der Waals surface area contributed by atoms with E-state index in [0.717, 1.165) is 29.9 Å². The van der Waals surface area contributed by atoms with E-state index in [1.54, 1.807) is 0 Å². The van der Waals surface area contributed by atoms with Gasteiger partial charge in [-0.05, 0) is 234 Å². The molecule has 3 heteroatoms. The van der Waals surface area contributed by atoms with E-state index in [-0.39, 0.29) is 0 Å². The molecule has 19 aromatic rings. The van der Waals surface area contributed by atoms with Gasteiger partial charge in [0.2, 0.25) is 0 Å². The van der Waals surface area contributed by atoms with Crippen molar-refractivity contribution in [3.63, 3.8) is 0 Å². The highest BCUT2D eigenvalue weighted by molar-refractivity contribution is 6.15. The van der Waals surface area contributed by atoms with Crippen LogP contribution in [0, 0.1) is 0 Å². The van der Waals surface area contributed by atoms with E-state index in [1.165, 1.54) is 171 Å². The standard InChI is InChI=1S/C99H67N3/c1-6-19-65(20-7-1)73-25-18-30-83(57-73)102-94-32-17-16-31-86(94)89-62-78(47-54-95(89)102)80-49-56-99-93(64-80)91-61-76(46-53-97(91)101(99)82-28-14-5-15-29-82)70-39-35-68(36-40-70)67-33-37-69(38-34-67)75-45-52-96-90(60-75)92-63-79(48-55-98(92)100(96)81-26-12-4-13-27-81)77-44-51-85-84(71-23-10-3-11-24-71)50-43-72-41-42-74(58-87(72)88(85)59-77)66-21-8-2-9-22-66/h1-42,44-49,51-64,84H,43,50H2. The predicted molar refractivity (Wildman–Crippen MR) is 430 cm³/mol. The fourth-order valence-electron chi connectivity index (χ4n) is 16.7. The van der Waals surface area contributed by atoms with E-state index in [1.807, 2.05) is 0 Å². The van der Waals surface area contributed by atoms with E-state index >= 15 is 0 Å². The number of hydrogen-bond acceptors (Lipinski definition) is 0. The molecule has 478 valence electrons. The zero-order valence-electron chi connectivity index (χ0n) is 56.1. The molecule has 3 aromatic heterocycles. The van der Waals surface area contributed by atoms with Gasteiger partial charge in [-0.3, -0.25) is 0 Å². The number of benzene rings is 16. The van der Waals surface area contributed by atoms with Crippen molar-refractivity contribution in [3.8, 4) is 106 Å². The quantitative estimate of drug-likeness (QED) is 0.123. The molecule has 0 fully saturated rings. The Morgan fingerprint density at radius 1 is 0.196 bits per heavy atom. The highest BCUT2D eigenvalue weighted by Gasteiger charge is 2.26. The van der Waals surface area contributed by atoms with Gasteiger partial charge in [0, 0.05) is 55.3 Å². The topological polar surface area (TPSA) is 14.8 Å². The summed E-state index contributed by atoms with van der Waals surface area (Å²) < 4.78 is 7.27. The van der Waals surface area contributed by atoms with Crippen LogP contribution in [0.25, 0.3) is 171 Å². The Balaban J connectivity index is 0.627. The van der Waals surface area contributed by atoms with Crippen molar-refractivity contribution >= 4 is 65.4 Å². The van der Waals surface area contributed by atoms with Crippen LogP contribution in [0.5, 0.6) is 0 Å². The summed E-state index contributed by atoms with van der Waals surface area (Å²) in [5, 5.41) is 7.38. The summed E-state index contributed by atoms with van der Waals surface area (Å²) in [7, 11) is 0. The lowest BCUT2D eigenvalue weighted by Crippen LogP contribution is -2.02. The second kappa shape index (κ2) is 24.4. The summed E-state index contributed by atoms with van der Waals surface area (Å²) in [6.45, 7) is 0. The zero-order valence-corrected chi connectivity index (χ0v) is 56.1. The van der Waals surface area contributed by atoms with Crippen molar-refractivity contribution in [1.82, 2.24) is 13.7 Å². The third-order valence-electron chi connectivity index (χ3n) is 21.7. The first-order chi connectivity index (χ1) is 50.5.